The highest BCUT2D eigenvalue weighted by atomic mass is 35.5. The van der Waals surface area contributed by atoms with Gasteiger partial charge >= 0.3 is 0 Å². The molecule has 2 aromatic carbocycles. The van der Waals surface area contributed by atoms with E-state index < -0.39 is 11.6 Å². The van der Waals surface area contributed by atoms with Crippen molar-refractivity contribution in [1.29, 1.82) is 5.26 Å². The molecule has 0 atom stereocenters. The number of fused-ring (bicyclic) bond motifs is 1. The second kappa shape index (κ2) is 4.83. The first-order valence-corrected chi connectivity index (χ1v) is 6.40. The molecule has 0 amide bonds. The Labute approximate surface area is 124 Å². The van der Waals surface area contributed by atoms with Crippen LogP contribution in [0.1, 0.15) is 5.56 Å². The van der Waals surface area contributed by atoms with E-state index in [1.165, 1.54) is 0 Å². The highest BCUT2D eigenvalue weighted by molar-refractivity contribution is 6.30. The van der Waals surface area contributed by atoms with Crippen LogP contribution in [-0.4, -0.2) is 9.55 Å². The van der Waals surface area contributed by atoms with Crippen LogP contribution in [0, 0.1) is 23.0 Å². The monoisotopic (exact) mass is 303 g/mol. The van der Waals surface area contributed by atoms with Gasteiger partial charge in [0.25, 0.3) is 0 Å². The Morgan fingerprint density at radius 2 is 1.95 bits per heavy atom. The second-order valence-electron chi connectivity index (χ2n) is 4.56. The van der Waals surface area contributed by atoms with Gasteiger partial charge in [-0.25, -0.2) is 13.8 Å². The zero-order valence-electron chi connectivity index (χ0n) is 10.9. The predicted molar refractivity (Wildman–Crippen MR) is 75.8 cm³/mol. The van der Waals surface area contributed by atoms with Crippen LogP contribution >= 0.6 is 11.6 Å². The summed E-state index contributed by atoms with van der Waals surface area (Å²) in [6, 6.07) is 8.92. The summed E-state index contributed by atoms with van der Waals surface area (Å²) in [5, 5.41) is 8.62. The molecule has 3 aromatic rings. The van der Waals surface area contributed by atoms with E-state index in [2.05, 4.69) is 4.98 Å². The molecule has 0 spiro atoms. The van der Waals surface area contributed by atoms with Gasteiger partial charge in [0.2, 0.25) is 0 Å². The maximum Gasteiger partial charge on any atom is 0.143 e. The van der Waals surface area contributed by atoms with Crippen LogP contribution in [0.2, 0.25) is 5.02 Å². The Hall–Kier alpha value is -2.45. The van der Waals surface area contributed by atoms with Gasteiger partial charge in [0, 0.05) is 7.05 Å². The molecule has 0 radical (unpaired) electrons. The number of aryl methyl sites for hydroxylation is 1. The lowest BCUT2D eigenvalue weighted by atomic mass is 10.2. The van der Waals surface area contributed by atoms with E-state index in [1.807, 2.05) is 6.07 Å². The number of imidazole rings is 1. The van der Waals surface area contributed by atoms with E-state index >= 15 is 0 Å². The number of hydrogen-bond acceptors (Lipinski definition) is 2. The van der Waals surface area contributed by atoms with Gasteiger partial charge in [0.05, 0.1) is 33.3 Å². The number of hydrogen-bond donors (Lipinski definition) is 0. The molecular formula is C15H8ClF2N3. The fourth-order valence-electron chi connectivity index (χ4n) is 2.20. The number of aromatic nitrogens is 2. The Balaban J connectivity index is 2.28. The molecule has 0 saturated heterocycles. The molecule has 0 aliphatic heterocycles. The minimum atomic E-state index is -0.710. The summed E-state index contributed by atoms with van der Waals surface area (Å²) in [7, 11) is 1.70. The molecule has 0 unspecified atom stereocenters. The molecule has 0 bridgehead atoms. The minimum absolute atomic E-state index is 0.0223. The SMILES string of the molecule is Cn1c(-c2cc(F)c(Cl)cc2F)nc2cc(C#N)ccc21. The van der Waals surface area contributed by atoms with Crippen LogP contribution in [-0.2, 0) is 7.05 Å². The minimum Gasteiger partial charge on any atom is -0.327 e. The first-order valence-electron chi connectivity index (χ1n) is 6.02. The van der Waals surface area contributed by atoms with Crippen LogP contribution in [0.15, 0.2) is 30.3 Å². The zero-order chi connectivity index (χ0) is 15.1. The van der Waals surface area contributed by atoms with Crippen LogP contribution in [0.3, 0.4) is 0 Å². The summed E-state index contributed by atoms with van der Waals surface area (Å²) < 4.78 is 29.2. The largest absolute Gasteiger partial charge is 0.327 e. The van der Waals surface area contributed by atoms with Crippen molar-refractivity contribution in [3.05, 3.63) is 52.6 Å². The van der Waals surface area contributed by atoms with E-state index in [1.54, 1.807) is 29.8 Å². The van der Waals surface area contributed by atoms with Gasteiger partial charge in [-0.1, -0.05) is 11.6 Å². The summed E-state index contributed by atoms with van der Waals surface area (Å²) >= 11 is 5.55. The van der Waals surface area contributed by atoms with E-state index in [0.717, 1.165) is 17.6 Å². The molecule has 0 aliphatic carbocycles. The summed E-state index contributed by atoms with van der Waals surface area (Å²) in [6.07, 6.45) is 0. The van der Waals surface area contributed by atoms with Crippen LogP contribution < -0.4 is 0 Å². The fourth-order valence-corrected chi connectivity index (χ4v) is 2.35. The average Bonchev–Trinajstić information content (AvgIpc) is 2.79. The van der Waals surface area contributed by atoms with Crippen LogP contribution in [0.5, 0.6) is 0 Å². The Bertz CT molecular complexity index is 909. The van der Waals surface area contributed by atoms with E-state index in [4.69, 9.17) is 16.9 Å². The third-order valence-electron chi connectivity index (χ3n) is 3.26. The molecule has 6 heteroatoms. The van der Waals surface area contributed by atoms with Gasteiger partial charge in [-0.15, -0.1) is 0 Å². The van der Waals surface area contributed by atoms with Gasteiger partial charge in [0.15, 0.2) is 0 Å². The van der Waals surface area contributed by atoms with E-state index in [0.29, 0.717) is 11.1 Å². The summed E-state index contributed by atoms with van der Waals surface area (Å²) in [4.78, 5) is 4.28. The maximum absolute atomic E-state index is 14.0. The third kappa shape index (κ3) is 2.14. The second-order valence-corrected chi connectivity index (χ2v) is 4.96. The lowest BCUT2D eigenvalue weighted by molar-refractivity contribution is 0.602. The van der Waals surface area contributed by atoms with Crippen LogP contribution in [0.4, 0.5) is 8.78 Å². The van der Waals surface area contributed by atoms with Crippen molar-refractivity contribution in [3.63, 3.8) is 0 Å². The molecule has 1 heterocycles. The van der Waals surface area contributed by atoms with Crippen molar-refractivity contribution in [2.45, 2.75) is 0 Å². The highest BCUT2D eigenvalue weighted by Gasteiger charge is 2.16. The molecule has 3 rings (SSSR count). The van der Waals surface area contributed by atoms with Crippen molar-refractivity contribution in [2.24, 2.45) is 7.05 Å². The van der Waals surface area contributed by atoms with Crippen molar-refractivity contribution < 1.29 is 8.78 Å². The third-order valence-corrected chi connectivity index (χ3v) is 3.55. The maximum atomic E-state index is 14.0. The van der Waals surface area contributed by atoms with Crippen molar-refractivity contribution in [3.8, 4) is 17.5 Å². The Morgan fingerprint density at radius 3 is 2.67 bits per heavy atom. The van der Waals surface area contributed by atoms with Crippen LogP contribution in [0.25, 0.3) is 22.4 Å². The van der Waals surface area contributed by atoms with E-state index in [-0.39, 0.29) is 16.4 Å². The topological polar surface area (TPSA) is 41.6 Å². The highest BCUT2D eigenvalue weighted by Crippen LogP contribution is 2.29. The fraction of sp³-hybridized carbons (Fsp3) is 0.0667. The smallest absolute Gasteiger partial charge is 0.143 e. The molecule has 0 aliphatic rings. The van der Waals surface area contributed by atoms with Gasteiger partial charge in [-0.05, 0) is 30.3 Å². The first-order chi connectivity index (χ1) is 10.0. The van der Waals surface area contributed by atoms with Gasteiger partial charge in [-0.2, -0.15) is 5.26 Å². The summed E-state index contributed by atoms with van der Waals surface area (Å²) in [5.74, 6) is -1.09. The normalized spacial score (nSPS) is 10.8. The predicted octanol–water partition coefficient (Wildman–Crippen LogP) is 4.04. The molecule has 0 saturated carbocycles. The Kier molecular flexibility index (Phi) is 3.11. The zero-order valence-corrected chi connectivity index (χ0v) is 11.6. The van der Waals surface area contributed by atoms with Crippen molar-refractivity contribution in [2.75, 3.05) is 0 Å². The molecule has 0 fully saturated rings. The van der Waals surface area contributed by atoms with E-state index in [9.17, 15) is 8.78 Å². The molecule has 1 aromatic heterocycles. The standard InChI is InChI=1S/C15H8ClF2N3/c1-21-14-3-2-8(7-19)4-13(14)20-15(21)9-5-12(18)10(16)6-11(9)17/h2-6H,1H3. The number of rotatable bonds is 1. The molecule has 3 nitrogen and oxygen atoms in total. The quantitative estimate of drug-likeness (QED) is 0.637. The number of halogens is 3. The number of benzene rings is 2. The lowest BCUT2D eigenvalue weighted by Crippen LogP contribution is -1.96. The average molecular weight is 304 g/mol. The van der Waals surface area contributed by atoms with Crippen molar-refractivity contribution in [1.82, 2.24) is 9.55 Å². The van der Waals surface area contributed by atoms with Crippen molar-refractivity contribution >= 4 is 22.6 Å². The lowest BCUT2D eigenvalue weighted by Gasteiger charge is -2.05. The first kappa shape index (κ1) is 13.5. The van der Waals surface area contributed by atoms with Gasteiger partial charge < -0.3 is 4.57 Å². The van der Waals surface area contributed by atoms with Gasteiger partial charge in [0.1, 0.15) is 17.5 Å². The Morgan fingerprint density at radius 1 is 1.19 bits per heavy atom. The molecule has 0 N–H and O–H groups in total. The van der Waals surface area contributed by atoms with Gasteiger partial charge in [-0.3, -0.25) is 0 Å². The molecular weight excluding hydrogens is 296 g/mol. The summed E-state index contributed by atoms with van der Waals surface area (Å²) in [6.45, 7) is 0. The summed E-state index contributed by atoms with van der Waals surface area (Å²) in [5.41, 5.74) is 1.74. The number of nitriles is 1. The molecule has 21 heavy (non-hydrogen) atoms. The molecule has 104 valence electrons. The number of nitrogens with zero attached hydrogens (tertiary/aromatic N) is 3.